The second-order valence-electron chi connectivity index (χ2n) is 8.85. The molecule has 1 aliphatic rings. The lowest BCUT2D eigenvalue weighted by Crippen LogP contribution is -2.45. The SMILES string of the molecule is COC(=O)[C@H](Cc1ccc2c(c1)OCCOCCOCCOCCOCCO2)NC(=O)OC(C)(C)C. The standard InChI is InChI=1S/C25H39NO10/c1-25(2,3)36-24(28)26-20(23(27)29-4)17-19-5-6-21-22(18-19)35-16-14-33-12-10-31-8-7-30-9-11-32-13-15-34-21/h5-6,18,20H,7-17H2,1-4H3,(H,26,28)/t20-/m0/s1. The first-order valence-electron chi connectivity index (χ1n) is 12.1. The van der Waals surface area contributed by atoms with Crippen LogP contribution in [0.5, 0.6) is 11.5 Å². The average Bonchev–Trinajstić information content (AvgIpc) is 2.82. The van der Waals surface area contributed by atoms with Crippen molar-refractivity contribution in [3.8, 4) is 11.5 Å². The Balaban J connectivity index is 2.07. The summed E-state index contributed by atoms with van der Waals surface area (Å²) in [6, 6.07) is 4.37. The molecule has 1 amide bonds. The fourth-order valence-corrected chi connectivity index (χ4v) is 3.12. The van der Waals surface area contributed by atoms with E-state index in [1.165, 1.54) is 7.11 Å². The van der Waals surface area contributed by atoms with Gasteiger partial charge in [-0.3, -0.25) is 0 Å². The van der Waals surface area contributed by atoms with Crippen LogP contribution in [0.3, 0.4) is 0 Å². The monoisotopic (exact) mass is 513 g/mol. The molecule has 1 aromatic carbocycles. The zero-order chi connectivity index (χ0) is 26.2. The average molecular weight is 514 g/mol. The van der Waals surface area contributed by atoms with Crippen LogP contribution < -0.4 is 14.8 Å². The molecule has 1 N–H and O–H groups in total. The summed E-state index contributed by atoms with van der Waals surface area (Å²) >= 11 is 0. The highest BCUT2D eigenvalue weighted by atomic mass is 16.6. The first kappa shape index (κ1) is 29.6. The molecule has 0 bridgehead atoms. The summed E-state index contributed by atoms with van der Waals surface area (Å²) in [7, 11) is 1.26. The van der Waals surface area contributed by atoms with E-state index in [-0.39, 0.29) is 13.0 Å². The number of carbonyl (C=O) groups excluding carboxylic acids is 2. The van der Waals surface area contributed by atoms with E-state index in [1.807, 2.05) is 0 Å². The summed E-state index contributed by atoms with van der Waals surface area (Å²) in [5, 5.41) is 2.58. The molecule has 0 saturated carbocycles. The number of rotatable bonds is 4. The number of amides is 1. The minimum Gasteiger partial charge on any atom is -0.487 e. The normalized spacial score (nSPS) is 17.7. The van der Waals surface area contributed by atoms with Crippen molar-refractivity contribution in [1.82, 2.24) is 5.32 Å². The molecule has 0 aliphatic carbocycles. The van der Waals surface area contributed by atoms with Crippen molar-refractivity contribution >= 4 is 12.1 Å². The number of methoxy groups -OCH3 is 1. The first-order chi connectivity index (χ1) is 17.3. The van der Waals surface area contributed by atoms with Gasteiger partial charge in [-0.25, -0.2) is 9.59 Å². The van der Waals surface area contributed by atoms with E-state index < -0.39 is 23.7 Å². The van der Waals surface area contributed by atoms with E-state index in [0.29, 0.717) is 71.0 Å². The number of nitrogens with one attached hydrogen (secondary N) is 1. The molecular formula is C25H39NO10. The lowest BCUT2D eigenvalue weighted by atomic mass is 10.1. The van der Waals surface area contributed by atoms with Gasteiger partial charge in [-0.05, 0) is 38.5 Å². The Morgan fingerprint density at radius 3 is 1.83 bits per heavy atom. The Labute approximate surface area is 212 Å². The topological polar surface area (TPSA) is 120 Å². The highest BCUT2D eigenvalue weighted by molar-refractivity contribution is 5.81. The Morgan fingerprint density at radius 1 is 0.833 bits per heavy atom. The summed E-state index contributed by atoms with van der Waals surface area (Å²) in [6.07, 6.45) is -0.542. The van der Waals surface area contributed by atoms with Gasteiger partial charge in [0.05, 0.1) is 60.0 Å². The van der Waals surface area contributed by atoms with Crippen LogP contribution in [0.25, 0.3) is 0 Å². The van der Waals surface area contributed by atoms with Crippen molar-refractivity contribution < 1.29 is 47.5 Å². The molecule has 0 aromatic heterocycles. The third-order valence-corrected chi connectivity index (χ3v) is 4.71. The maximum absolute atomic E-state index is 12.3. The zero-order valence-corrected chi connectivity index (χ0v) is 21.7. The third kappa shape index (κ3) is 12.4. The fraction of sp³-hybridized carbons (Fsp3) is 0.680. The van der Waals surface area contributed by atoms with Crippen LogP contribution in [0.1, 0.15) is 26.3 Å². The van der Waals surface area contributed by atoms with E-state index in [0.717, 1.165) is 5.56 Å². The van der Waals surface area contributed by atoms with Gasteiger partial charge in [0, 0.05) is 6.42 Å². The molecule has 11 heteroatoms. The largest absolute Gasteiger partial charge is 0.487 e. The Kier molecular flexibility index (Phi) is 13.3. The van der Waals surface area contributed by atoms with E-state index >= 15 is 0 Å². The van der Waals surface area contributed by atoms with Gasteiger partial charge in [0.25, 0.3) is 0 Å². The molecule has 0 spiro atoms. The number of hydrogen-bond donors (Lipinski definition) is 1. The third-order valence-electron chi connectivity index (χ3n) is 4.71. The number of ether oxygens (including phenoxy) is 8. The second kappa shape index (κ2) is 16.2. The maximum atomic E-state index is 12.3. The van der Waals surface area contributed by atoms with Crippen molar-refractivity contribution in [3.63, 3.8) is 0 Å². The van der Waals surface area contributed by atoms with Crippen LogP contribution in [0, 0.1) is 0 Å². The summed E-state index contributed by atoms with van der Waals surface area (Å²) in [4.78, 5) is 24.6. The number of hydrogen-bond acceptors (Lipinski definition) is 10. The molecule has 0 radical (unpaired) electrons. The van der Waals surface area contributed by atoms with Crippen LogP contribution in [-0.4, -0.2) is 96.9 Å². The van der Waals surface area contributed by atoms with Crippen molar-refractivity contribution in [2.45, 2.75) is 38.8 Å². The van der Waals surface area contributed by atoms with Gasteiger partial charge in [0.1, 0.15) is 24.9 Å². The van der Waals surface area contributed by atoms with Gasteiger partial charge >= 0.3 is 12.1 Å². The molecule has 0 fully saturated rings. The lowest BCUT2D eigenvalue weighted by Gasteiger charge is -2.23. The van der Waals surface area contributed by atoms with Gasteiger partial charge < -0.3 is 43.2 Å². The predicted octanol–water partition coefficient (Wildman–Crippen LogP) is 2.13. The number of alkyl carbamates (subject to hydrolysis) is 1. The lowest BCUT2D eigenvalue weighted by molar-refractivity contribution is -0.143. The van der Waals surface area contributed by atoms with Crippen LogP contribution in [0.15, 0.2) is 18.2 Å². The molecule has 204 valence electrons. The first-order valence-corrected chi connectivity index (χ1v) is 12.1. The van der Waals surface area contributed by atoms with Crippen molar-refractivity contribution in [2.75, 3.05) is 73.2 Å². The molecule has 1 heterocycles. The van der Waals surface area contributed by atoms with Gasteiger partial charge in [-0.1, -0.05) is 6.07 Å². The molecule has 1 aromatic rings. The molecule has 36 heavy (non-hydrogen) atoms. The maximum Gasteiger partial charge on any atom is 0.408 e. The van der Waals surface area contributed by atoms with E-state index in [4.69, 9.17) is 37.9 Å². The molecule has 11 nitrogen and oxygen atoms in total. The highest BCUT2D eigenvalue weighted by Crippen LogP contribution is 2.29. The summed E-state index contributed by atoms with van der Waals surface area (Å²) in [6.45, 7) is 9.40. The molecule has 0 unspecified atom stereocenters. The summed E-state index contributed by atoms with van der Waals surface area (Å²) in [5.74, 6) is 0.420. The van der Waals surface area contributed by atoms with E-state index in [1.54, 1.807) is 39.0 Å². The molecule has 0 saturated heterocycles. The minimum absolute atomic E-state index is 0.166. The van der Waals surface area contributed by atoms with Gasteiger partial charge in [-0.2, -0.15) is 0 Å². The summed E-state index contributed by atoms with van der Waals surface area (Å²) < 4.78 is 43.8. The number of benzene rings is 1. The molecule has 1 atom stereocenters. The zero-order valence-electron chi connectivity index (χ0n) is 21.7. The molecule has 1 aliphatic heterocycles. The van der Waals surface area contributed by atoms with Gasteiger partial charge in [-0.15, -0.1) is 0 Å². The van der Waals surface area contributed by atoms with Crippen molar-refractivity contribution in [2.24, 2.45) is 0 Å². The van der Waals surface area contributed by atoms with Gasteiger partial charge in [0.2, 0.25) is 0 Å². The predicted molar refractivity (Wildman–Crippen MR) is 130 cm³/mol. The van der Waals surface area contributed by atoms with E-state index in [2.05, 4.69) is 5.32 Å². The second-order valence-corrected chi connectivity index (χ2v) is 8.85. The van der Waals surface area contributed by atoms with Crippen LogP contribution in [-0.2, 0) is 39.6 Å². The van der Waals surface area contributed by atoms with Crippen molar-refractivity contribution in [1.29, 1.82) is 0 Å². The molecule has 2 rings (SSSR count). The number of carbonyl (C=O) groups is 2. The smallest absolute Gasteiger partial charge is 0.408 e. The molecular weight excluding hydrogens is 474 g/mol. The Morgan fingerprint density at radius 2 is 1.33 bits per heavy atom. The fourth-order valence-electron chi connectivity index (χ4n) is 3.12. The van der Waals surface area contributed by atoms with Crippen molar-refractivity contribution in [3.05, 3.63) is 23.8 Å². The minimum atomic E-state index is -0.943. The van der Waals surface area contributed by atoms with Crippen LogP contribution >= 0.6 is 0 Å². The van der Waals surface area contributed by atoms with Crippen LogP contribution in [0.2, 0.25) is 0 Å². The Bertz CT molecular complexity index is 796. The highest BCUT2D eigenvalue weighted by Gasteiger charge is 2.25. The van der Waals surface area contributed by atoms with Crippen LogP contribution in [0.4, 0.5) is 4.79 Å². The van der Waals surface area contributed by atoms with Gasteiger partial charge in [0.15, 0.2) is 11.5 Å². The van der Waals surface area contributed by atoms with E-state index in [9.17, 15) is 9.59 Å². The quantitative estimate of drug-likeness (QED) is 0.600. The summed E-state index contributed by atoms with van der Waals surface area (Å²) in [5.41, 5.74) is 0.0285. The number of fused-ring (bicyclic) bond motifs is 1. The Hall–Kier alpha value is -2.60. The number of esters is 1.